The average molecular weight is 482 g/mol. The summed E-state index contributed by atoms with van der Waals surface area (Å²) in [4.78, 5) is 23.6. The number of nitrogens with one attached hydrogen (secondary N) is 4. The number of nitrogens with zero attached hydrogens (tertiary/aromatic N) is 3. The molecule has 0 saturated heterocycles. The second-order valence-corrected chi connectivity index (χ2v) is 9.76. The van der Waals surface area contributed by atoms with E-state index in [0.717, 1.165) is 28.1 Å². The van der Waals surface area contributed by atoms with Crippen LogP contribution in [-0.2, 0) is 21.2 Å². The highest BCUT2D eigenvalue weighted by Crippen LogP contribution is 2.20. The molecule has 34 heavy (non-hydrogen) atoms. The normalized spacial score (nSPS) is 16.8. The summed E-state index contributed by atoms with van der Waals surface area (Å²) >= 11 is 0. The third-order valence-corrected chi connectivity index (χ3v) is 6.83. The summed E-state index contributed by atoms with van der Waals surface area (Å²) in [5, 5.41) is 7.25. The zero-order valence-electron chi connectivity index (χ0n) is 19.0. The minimum Gasteiger partial charge on any atom is -0.356 e. The largest absolute Gasteiger partial charge is 0.356 e. The fourth-order valence-electron chi connectivity index (χ4n) is 3.75. The molecule has 0 spiro atoms. The van der Waals surface area contributed by atoms with Gasteiger partial charge in [-0.05, 0) is 30.7 Å². The number of guanidine groups is 1. The van der Waals surface area contributed by atoms with Crippen molar-refractivity contribution in [2.45, 2.75) is 31.1 Å². The van der Waals surface area contributed by atoms with Crippen molar-refractivity contribution in [1.29, 1.82) is 0 Å². The number of carbonyl (C=O) groups excluding carboxylic acids is 1. The fraction of sp³-hybridized carbons (Fsp3) is 0.304. The first-order valence-electron chi connectivity index (χ1n) is 11.0. The number of benzene rings is 2. The van der Waals surface area contributed by atoms with Crippen molar-refractivity contribution in [3.8, 4) is 0 Å². The molecule has 0 bridgehead atoms. The van der Waals surface area contributed by atoms with E-state index in [2.05, 4.69) is 35.5 Å². The maximum Gasteiger partial charge on any atom is 0.264 e. The van der Waals surface area contributed by atoms with E-state index in [4.69, 9.17) is 0 Å². The average Bonchev–Trinajstić information content (AvgIpc) is 3.23. The molecule has 2 aromatic carbocycles. The van der Waals surface area contributed by atoms with E-state index in [1.807, 2.05) is 25.1 Å². The van der Waals surface area contributed by atoms with Crippen molar-refractivity contribution in [2.24, 2.45) is 16.0 Å². The monoisotopic (exact) mass is 481 g/mol. The molecule has 0 saturated carbocycles. The lowest BCUT2D eigenvalue weighted by molar-refractivity contribution is -0.121. The second kappa shape index (κ2) is 10.0. The Hall–Kier alpha value is -3.73. The van der Waals surface area contributed by atoms with Gasteiger partial charge in [0, 0.05) is 37.9 Å². The van der Waals surface area contributed by atoms with Crippen molar-refractivity contribution in [3.05, 3.63) is 59.9 Å². The number of rotatable bonds is 7. The molecule has 1 atom stereocenters. The van der Waals surface area contributed by atoms with Crippen LogP contribution in [0.1, 0.15) is 31.2 Å². The Balaban J connectivity index is 1.33. The highest BCUT2D eigenvalue weighted by Gasteiger charge is 2.22. The molecule has 4 rings (SSSR count). The minimum absolute atomic E-state index is 0.0495. The molecule has 0 radical (unpaired) electrons. The number of hydrogen-bond acceptors (Lipinski definition) is 6. The van der Waals surface area contributed by atoms with Crippen LogP contribution in [0.25, 0.3) is 11.0 Å². The lowest BCUT2D eigenvalue weighted by Crippen LogP contribution is -2.41. The molecule has 1 aliphatic rings. The highest BCUT2D eigenvalue weighted by molar-refractivity contribution is 7.90. The number of fused-ring (bicyclic) bond motifs is 1. The molecule has 0 aliphatic carbocycles. The van der Waals surface area contributed by atoms with E-state index in [1.165, 1.54) is 19.2 Å². The first kappa shape index (κ1) is 23.4. The third kappa shape index (κ3) is 5.42. The van der Waals surface area contributed by atoms with Crippen LogP contribution in [0.2, 0.25) is 0 Å². The molecule has 11 heteroatoms. The molecule has 3 aromatic rings. The van der Waals surface area contributed by atoms with E-state index >= 15 is 0 Å². The predicted molar refractivity (Wildman–Crippen MR) is 131 cm³/mol. The molecule has 1 amide bonds. The number of aliphatic imine (C=N–C) groups is 1. The topological polar surface area (TPSA) is 141 Å². The standard InChI is InChI=1S/C23H27N7O3S/c1-15-13-21(31)28-29-22(15)16-10-11-18-19(14-16)27-20(26-18)9-6-12-25-23(24-2)30-34(32,33)17-7-4-3-5-8-17/h3-5,7-8,10-11,14-15H,6,9,12-13H2,1-2H3,(H,26,27)(H,28,31)(H2,24,25,30). The van der Waals surface area contributed by atoms with Crippen LogP contribution in [0.15, 0.2) is 63.5 Å². The molecular formula is C23H27N7O3S. The number of H-pyrrole nitrogens is 1. The summed E-state index contributed by atoms with van der Waals surface area (Å²) in [6.07, 6.45) is 1.81. The van der Waals surface area contributed by atoms with Gasteiger partial charge in [-0.25, -0.2) is 23.5 Å². The number of aromatic nitrogens is 2. The van der Waals surface area contributed by atoms with Gasteiger partial charge in [-0.3, -0.25) is 9.79 Å². The van der Waals surface area contributed by atoms with Gasteiger partial charge < -0.3 is 10.3 Å². The molecule has 178 valence electrons. The Morgan fingerprint density at radius 1 is 1.21 bits per heavy atom. The van der Waals surface area contributed by atoms with Gasteiger partial charge >= 0.3 is 0 Å². The Morgan fingerprint density at radius 2 is 2.00 bits per heavy atom. The fourth-order valence-corrected chi connectivity index (χ4v) is 4.80. The van der Waals surface area contributed by atoms with Gasteiger partial charge in [0.1, 0.15) is 5.82 Å². The Labute approximate surface area is 198 Å². The van der Waals surface area contributed by atoms with Gasteiger partial charge in [-0.15, -0.1) is 0 Å². The van der Waals surface area contributed by atoms with E-state index < -0.39 is 10.0 Å². The molecular weight excluding hydrogens is 454 g/mol. The van der Waals surface area contributed by atoms with Gasteiger partial charge in [0.2, 0.25) is 11.9 Å². The Morgan fingerprint density at radius 3 is 2.74 bits per heavy atom. The number of carbonyl (C=O) groups is 1. The molecule has 10 nitrogen and oxygen atoms in total. The summed E-state index contributed by atoms with van der Waals surface area (Å²) in [5.74, 6) is 1.00. The zero-order valence-corrected chi connectivity index (χ0v) is 19.8. The van der Waals surface area contributed by atoms with Gasteiger partial charge in [0.25, 0.3) is 10.0 Å². The van der Waals surface area contributed by atoms with E-state index in [-0.39, 0.29) is 22.7 Å². The van der Waals surface area contributed by atoms with E-state index in [1.54, 1.807) is 18.2 Å². The van der Waals surface area contributed by atoms with Crippen LogP contribution in [0.3, 0.4) is 0 Å². The SMILES string of the molecule is CN=C(NCCCc1nc2ccc(C3=NNC(=O)CC3C)cc2[nH]1)NS(=O)(=O)c1ccccc1. The second-order valence-electron chi connectivity index (χ2n) is 8.07. The maximum absolute atomic E-state index is 12.5. The van der Waals surface area contributed by atoms with Crippen molar-refractivity contribution in [2.75, 3.05) is 13.6 Å². The van der Waals surface area contributed by atoms with Gasteiger partial charge in [-0.2, -0.15) is 5.10 Å². The number of hydrogen-bond donors (Lipinski definition) is 4. The Bertz CT molecular complexity index is 1350. The van der Waals surface area contributed by atoms with Crippen LogP contribution in [-0.4, -0.2) is 49.6 Å². The number of amides is 1. The number of aromatic amines is 1. The van der Waals surface area contributed by atoms with Crippen LogP contribution in [0.4, 0.5) is 0 Å². The van der Waals surface area contributed by atoms with Crippen LogP contribution < -0.4 is 15.5 Å². The summed E-state index contributed by atoms with van der Waals surface area (Å²) in [7, 11) is -2.17. The van der Waals surface area contributed by atoms with Crippen molar-refractivity contribution >= 4 is 38.6 Å². The Kier molecular flexibility index (Phi) is 6.92. The van der Waals surface area contributed by atoms with Crippen LogP contribution in [0.5, 0.6) is 0 Å². The first-order chi connectivity index (χ1) is 16.4. The molecule has 4 N–H and O–H groups in total. The van der Waals surface area contributed by atoms with Gasteiger partial charge in [0.05, 0.1) is 21.6 Å². The van der Waals surface area contributed by atoms with E-state index in [9.17, 15) is 13.2 Å². The highest BCUT2D eigenvalue weighted by atomic mass is 32.2. The lowest BCUT2D eigenvalue weighted by atomic mass is 9.94. The number of aryl methyl sites for hydroxylation is 1. The van der Waals surface area contributed by atoms with Crippen molar-refractivity contribution in [1.82, 2.24) is 25.4 Å². The summed E-state index contributed by atoms with van der Waals surface area (Å²) < 4.78 is 27.4. The zero-order chi connectivity index (χ0) is 24.1. The van der Waals surface area contributed by atoms with Crippen LogP contribution in [0, 0.1) is 5.92 Å². The predicted octanol–water partition coefficient (Wildman–Crippen LogP) is 1.91. The van der Waals surface area contributed by atoms with Crippen molar-refractivity contribution in [3.63, 3.8) is 0 Å². The molecule has 2 heterocycles. The number of hydrazone groups is 1. The summed E-state index contributed by atoms with van der Waals surface area (Å²) in [5.41, 5.74) is 6.11. The third-order valence-electron chi connectivity index (χ3n) is 5.48. The summed E-state index contributed by atoms with van der Waals surface area (Å²) in [6, 6.07) is 14.1. The molecule has 0 fully saturated rings. The lowest BCUT2D eigenvalue weighted by Gasteiger charge is -2.18. The van der Waals surface area contributed by atoms with Crippen LogP contribution >= 0.6 is 0 Å². The van der Waals surface area contributed by atoms with Gasteiger partial charge in [0.15, 0.2) is 0 Å². The molecule has 1 aliphatic heterocycles. The minimum atomic E-state index is -3.69. The molecule has 1 unspecified atom stereocenters. The van der Waals surface area contributed by atoms with Crippen molar-refractivity contribution < 1.29 is 13.2 Å². The first-order valence-corrected chi connectivity index (χ1v) is 12.5. The summed E-state index contributed by atoms with van der Waals surface area (Å²) in [6.45, 7) is 2.50. The smallest absolute Gasteiger partial charge is 0.264 e. The number of imidazole rings is 1. The quantitative estimate of drug-likeness (QED) is 0.232. The maximum atomic E-state index is 12.5. The van der Waals surface area contributed by atoms with E-state index in [0.29, 0.717) is 25.8 Å². The number of sulfonamides is 1. The van der Waals surface area contributed by atoms with Gasteiger partial charge in [-0.1, -0.05) is 31.2 Å². The molecule has 1 aromatic heterocycles.